The van der Waals surface area contributed by atoms with Gasteiger partial charge in [-0.1, -0.05) is 18.2 Å². The molecule has 0 saturated carbocycles. The van der Waals surface area contributed by atoms with Crippen LogP contribution in [0.3, 0.4) is 0 Å². The summed E-state index contributed by atoms with van der Waals surface area (Å²) in [7, 11) is 4.37. The molecule has 1 aromatic heterocycles. The number of carbonyl (C=O) groups excluding carboxylic acids is 1. The fourth-order valence-corrected chi connectivity index (χ4v) is 3.61. The van der Waals surface area contributed by atoms with E-state index in [0.717, 1.165) is 0 Å². The maximum atomic E-state index is 13.0. The molecule has 0 aliphatic carbocycles. The smallest absolute Gasteiger partial charge is 0.255 e. The fraction of sp³-hybridized carbons (Fsp3) is 0.115. The first kappa shape index (κ1) is 22.4. The van der Waals surface area contributed by atoms with Crippen molar-refractivity contribution < 1.29 is 23.4 Å². The van der Waals surface area contributed by atoms with Gasteiger partial charge in [-0.05, 0) is 30.3 Å². The van der Waals surface area contributed by atoms with Crippen molar-refractivity contribution in [2.45, 2.75) is 0 Å². The van der Waals surface area contributed by atoms with Gasteiger partial charge in [0.1, 0.15) is 16.7 Å². The lowest BCUT2D eigenvalue weighted by molar-refractivity contribution is 0.102. The summed E-state index contributed by atoms with van der Waals surface area (Å²) < 4.78 is 22.1. The molecule has 8 nitrogen and oxygen atoms in total. The summed E-state index contributed by atoms with van der Waals surface area (Å²) >= 11 is 0. The first-order chi connectivity index (χ1) is 16.5. The van der Waals surface area contributed by atoms with E-state index in [1.54, 1.807) is 48.5 Å². The lowest BCUT2D eigenvalue weighted by Crippen LogP contribution is -2.12. The Balaban J connectivity index is 1.74. The number of nitrogens with one attached hydrogen (secondary N) is 1. The molecule has 0 unspecified atom stereocenters. The fourth-order valence-electron chi connectivity index (χ4n) is 3.61. The first-order valence-electron chi connectivity index (χ1n) is 10.2. The third-order valence-electron chi connectivity index (χ3n) is 5.18. The molecule has 1 N–H and O–H groups in total. The maximum absolute atomic E-state index is 13.0. The van der Waals surface area contributed by atoms with Crippen LogP contribution in [0.1, 0.15) is 15.9 Å². The van der Waals surface area contributed by atoms with Crippen LogP contribution in [0.5, 0.6) is 17.2 Å². The zero-order valence-electron chi connectivity index (χ0n) is 18.7. The van der Waals surface area contributed by atoms with E-state index in [0.29, 0.717) is 39.6 Å². The number of hydrogen-bond donors (Lipinski definition) is 1. The minimum absolute atomic E-state index is 0.220. The zero-order chi connectivity index (χ0) is 24.2. The van der Waals surface area contributed by atoms with Crippen molar-refractivity contribution in [2.24, 2.45) is 0 Å². The third kappa shape index (κ3) is 4.14. The van der Waals surface area contributed by atoms with E-state index in [9.17, 15) is 9.59 Å². The molecule has 8 heteroatoms. The number of ether oxygens (including phenoxy) is 3. The maximum Gasteiger partial charge on any atom is 0.255 e. The van der Waals surface area contributed by atoms with Crippen molar-refractivity contribution in [1.29, 1.82) is 5.26 Å². The molecule has 170 valence electrons. The van der Waals surface area contributed by atoms with Gasteiger partial charge in [0.2, 0.25) is 5.75 Å². The second kappa shape index (κ2) is 9.38. The van der Waals surface area contributed by atoms with Crippen LogP contribution in [0.2, 0.25) is 0 Å². The Morgan fingerprint density at radius 2 is 1.71 bits per heavy atom. The summed E-state index contributed by atoms with van der Waals surface area (Å²) in [6.07, 6.45) is 0. The highest BCUT2D eigenvalue weighted by molar-refractivity contribution is 6.04. The Labute approximate surface area is 194 Å². The summed E-state index contributed by atoms with van der Waals surface area (Å²) in [5.41, 5.74) is 1.77. The Hall–Kier alpha value is -4.77. The van der Waals surface area contributed by atoms with Gasteiger partial charge >= 0.3 is 0 Å². The molecule has 0 bridgehead atoms. The van der Waals surface area contributed by atoms with E-state index in [-0.39, 0.29) is 28.1 Å². The molecular weight excluding hydrogens is 436 g/mol. The molecule has 0 aliphatic heterocycles. The lowest BCUT2D eigenvalue weighted by Gasteiger charge is -2.14. The number of benzene rings is 3. The molecule has 0 atom stereocenters. The van der Waals surface area contributed by atoms with Gasteiger partial charge in [-0.25, -0.2) is 0 Å². The standard InChI is InChI=1S/C26H20N2O6/c1-31-22-13-21-23(25(33-3)24(22)32-2)19(29)12-20(34-21)16-7-5-9-18(11-16)28-26(30)17-8-4-6-15(10-17)14-27/h4-13H,1-3H3,(H,28,30). The first-order valence-corrected chi connectivity index (χ1v) is 10.2. The molecule has 0 spiro atoms. The largest absolute Gasteiger partial charge is 0.493 e. The predicted molar refractivity (Wildman–Crippen MR) is 127 cm³/mol. The van der Waals surface area contributed by atoms with E-state index in [1.807, 2.05) is 6.07 Å². The number of amides is 1. The van der Waals surface area contributed by atoms with Crippen molar-refractivity contribution in [1.82, 2.24) is 0 Å². The topological polar surface area (TPSA) is 111 Å². The van der Waals surface area contributed by atoms with Crippen molar-refractivity contribution in [3.8, 4) is 34.6 Å². The second-order valence-electron chi connectivity index (χ2n) is 7.22. The lowest BCUT2D eigenvalue weighted by atomic mass is 10.1. The monoisotopic (exact) mass is 456 g/mol. The van der Waals surface area contributed by atoms with Gasteiger partial charge in [-0.15, -0.1) is 0 Å². The number of methoxy groups -OCH3 is 3. The minimum Gasteiger partial charge on any atom is -0.493 e. The van der Waals surface area contributed by atoms with Crippen LogP contribution in [0, 0.1) is 11.3 Å². The molecule has 0 fully saturated rings. The van der Waals surface area contributed by atoms with E-state index in [1.165, 1.54) is 33.5 Å². The van der Waals surface area contributed by atoms with Crippen LogP contribution in [0.15, 0.2) is 69.9 Å². The number of hydrogen-bond acceptors (Lipinski definition) is 7. The van der Waals surface area contributed by atoms with Crippen LogP contribution < -0.4 is 25.0 Å². The number of carbonyl (C=O) groups is 1. The van der Waals surface area contributed by atoms with Crippen LogP contribution in [-0.2, 0) is 0 Å². The minimum atomic E-state index is -0.365. The van der Waals surface area contributed by atoms with Crippen LogP contribution in [-0.4, -0.2) is 27.2 Å². The molecule has 0 radical (unpaired) electrons. The SMILES string of the molecule is COc1cc2oc(-c3cccc(NC(=O)c4cccc(C#N)c4)c3)cc(=O)c2c(OC)c1OC. The number of nitriles is 1. The van der Waals surface area contributed by atoms with Gasteiger partial charge in [0, 0.05) is 28.9 Å². The number of anilines is 1. The molecule has 1 amide bonds. The average Bonchev–Trinajstić information content (AvgIpc) is 2.87. The quantitative estimate of drug-likeness (QED) is 0.451. The molecule has 4 aromatic rings. The van der Waals surface area contributed by atoms with Gasteiger partial charge < -0.3 is 23.9 Å². The molecule has 4 rings (SSSR count). The van der Waals surface area contributed by atoms with E-state index in [4.69, 9.17) is 23.9 Å². The van der Waals surface area contributed by atoms with Gasteiger partial charge in [0.25, 0.3) is 5.91 Å². The number of nitrogens with zero attached hydrogens (tertiary/aromatic N) is 1. The highest BCUT2D eigenvalue weighted by atomic mass is 16.5. The Kier molecular flexibility index (Phi) is 6.19. The third-order valence-corrected chi connectivity index (χ3v) is 5.18. The van der Waals surface area contributed by atoms with E-state index < -0.39 is 0 Å². The van der Waals surface area contributed by atoms with Gasteiger partial charge in [-0.2, -0.15) is 5.26 Å². The summed E-state index contributed by atoms with van der Waals surface area (Å²) in [4.78, 5) is 25.6. The summed E-state index contributed by atoms with van der Waals surface area (Å²) in [6.45, 7) is 0. The normalized spacial score (nSPS) is 10.4. The molecule has 0 saturated heterocycles. The molecule has 34 heavy (non-hydrogen) atoms. The van der Waals surface area contributed by atoms with Crippen molar-refractivity contribution in [2.75, 3.05) is 26.6 Å². The van der Waals surface area contributed by atoms with Crippen LogP contribution in [0.4, 0.5) is 5.69 Å². The predicted octanol–water partition coefficient (Wildman–Crippen LogP) is 4.61. The highest BCUT2D eigenvalue weighted by Crippen LogP contribution is 2.42. The van der Waals surface area contributed by atoms with Crippen molar-refractivity contribution in [3.63, 3.8) is 0 Å². The van der Waals surface area contributed by atoms with E-state index >= 15 is 0 Å². The van der Waals surface area contributed by atoms with Gasteiger partial charge in [0.05, 0.1) is 33.0 Å². The Morgan fingerprint density at radius 3 is 2.41 bits per heavy atom. The molecule has 0 aliphatic rings. The molecular formula is C26H20N2O6. The number of fused-ring (bicyclic) bond motifs is 1. The zero-order valence-corrected chi connectivity index (χ0v) is 18.7. The van der Waals surface area contributed by atoms with Gasteiger partial charge in [0.15, 0.2) is 16.9 Å². The Morgan fingerprint density at radius 1 is 0.941 bits per heavy atom. The number of rotatable bonds is 6. The van der Waals surface area contributed by atoms with Crippen LogP contribution >= 0.6 is 0 Å². The van der Waals surface area contributed by atoms with Gasteiger partial charge in [-0.3, -0.25) is 9.59 Å². The van der Waals surface area contributed by atoms with Crippen molar-refractivity contribution >= 4 is 22.6 Å². The average molecular weight is 456 g/mol. The summed E-state index contributed by atoms with van der Waals surface area (Å²) in [5, 5.41) is 12.1. The second-order valence-corrected chi connectivity index (χ2v) is 7.22. The molecule has 3 aromatic carbocycles. The van der Waals surface area contributed by atoms with E-state index in [2.05, 4.69) is 5.32 Å². The highest BCUT2D eigenvalue weighted by Gasteiger charge is 2.21. The van der Waals surface area contributed by atoms with Crippen molar-refractivity contribution in [3.05, 3.63) is 82.0 Å². The summed E-state index contributed by atoms with van der Waals surface area (Å²) in [6, 6.07) is 18.2. The Bertz CT molecular complexity index is 1500. The summed E-state index contributed by atoms with van der Waals surface area (Å²) in [5.74, 6) is 0.804. The molecule has 1 heterocycles. The van der Waals surface area contributed by atoms with Crippen LogP contribution in [0.25, 0.3) is 22.3 Å².